The molecule has 0 aromatic carbocycles. The van der Waals surface area contributed by atoms with Gasteiger partial charge in [0.2, 0.25) is 11.9 Å². The van der Waals surface area contributed by atoms with Crippen molar-refractivity contribution in [3.05, 3.63) is 0 Å². The van der Waals surface area contributed by atoms with Crippen LogP contribution in [-0.2, 0) is 0 Å². The van der Waals surface area contributed by atoms with Gasteiger partial charge in [0.05, 0.1) is 7.11 Å². The van der Waals surface area contributed by atoms with E-state index in [0.717, 1.165) is 32.0 Å². The second-order valence-corrected chi connectivity index (χ2v) is 4.77. The number of anilines is 2. The van der Waals surface area contributed by atoms with E-state index in [0.29, 0.717) is 12.0 Å². The molecule has 106 valence electrons. The molecule has 0 unspecified atom stereocenters. The number of nitrogens with one attached hydrogen (secondary N) is 1. The number of methoxy groups -OCH3 is 1. The molecule has 0 saturated carbocycles. The highest BCUT2D eigenvalue weighted by Crippen LogP contribution is 2.18. The summed E-state index contributed by atoms with van der Waals surface area (Å²) < 4.78 is 5.17. The molecule has 6 nitrogen and oxygen atoms in total. The molecule has 0 radical (unpaired) electrons. The summed E-state index contributed by atoms with van der Waals surface area (Å²) in [7, 11) is 1.59. The van der Waals surface area contributed by atoms with Gasteiger partial charge in [0.25, 0.3) is 0 Å². The molecule has 0 amide bonds. The van der Waals surface area contributed by atoms with E-state index in [1.165, 1.54) is 25.7 Å². The largest absolute Gasteiger partial charge is 0.467 e. The van der Waals surface area contributed by atoms with Crippen LogP contribution in [0, 0.1) is 0 Å². The van der Waals surface area contributed by atoms with E-state index in [4.69, 9.17) is 4.74 Å². The lowest BCUT2D eigenvalue weighted by Crippen LogP contribution is -2.26. The Kier molecular flexibility index (Phi) is 5.18. The first-order valence-corrected chi connectivity index (χ1v) is 7.12. The Bertz CT molecular complexity index is 391. The number of rotatable bonds is 5. The molecule has 0 aliphatic carbocycles. The molecule has 19 heavy (non-hydrogen) atoms. The van der Waals surface area contributed by atoms with Crippen LogP contribution in [0.15, 0.2) is 0 Å². The summed E-state index contributed by atoms with van der Waals surface area (Å²) in [5.41, 5.74) is 0. The minimum atomic E-state index is 0.382. The Morgan fingerprint density at radius 3 is 2.47 bits per heavy atom. The first kappa shape index (κ1) is 13.8. The molecular weight excluding hydrogens is 242 g/mol. The average Bonchev–Trinajstić information content (AvgIpc) is 2.73. The highest BCUT2D eigenvalue weighted by molar-refractivity contribution is 5.38. The third kappa shape index (κ3) is 3.94. The van der Waals surface area contributed by atoms with Crippen LogP contribution < -0.4 is 15.0 Å². The first-order chi connectivity index (χ1) is 9.33. The highest BCUT2D eigenvalue weighted by atomic mass is 16.5. The Balaban J connectivity index is 2.17. The van der Waals surface area contributed by atoms with Crippen molar-refractivity contribution in [1.82, 2.24) is 15.0 Å². The maximum absolute atomic E-state index is 5.17. The minimum Gasteiger partial charge on any atom is -0.467 e. The Morgan fingerprint density at radius 2 is 1.84 bits per heavy atom. The predicted molar refractivity (Wildman–Crippen MR) is 75.8 cm³/mol. The summed E-state index contributed by atoms with van der Waals surface area (Å²) in [6.45, 7) is 4.99. The van der Waals surface area contributed by atoms with Crippen LogP contribution in [0.5, 0.6) is 6.01 Å². The lowest BCUT2D eigenvalue weighted by molar-refractivity contribution is 0.378. The van der Waals surface area contributed by atoms with Crippen LogP contribution >= 0.6 is 0 Å². The minimum absolute atomic E-state index is 0.382. The van der Waals surface area contributed by atoms with Crippen LogP contribution in [0.4, 0.5) is 11.9 Å². The summed E-state index contributed by atoms with van der Waals surface area (Å²) in [5, 5.41) is 3.20. The normalized spacial score (nSPS) is 16.0. The lowest BCUT2D eigenvalue weighted by Gasteiger charge is -2.20. The molecule has 2 heterocycles. The molecule has 1 aliphatic rings. The van der Waals surface area contributed by atoms with E-state index >= 15 is 0 Å². The number of ether oxygens (including phenoxy) is 1. The summed E-state index contributed by atoms with van der Waals surface area (Å²) >= 11 is 0. The molecule has 1 saturated heterocycles. The maximum atomic E-state index is 5.17. The molecule has 2 rings (SSSR count). The standard InChI is InChI=1S/C13H23N5O/c1-3-8-14-11-15-12(17-13(16-11)19-2)18-9-6-4-5-7-10-18/h3-10H2,1-2H3,(H,14,15,16,17). The molecule has 1 aliphatic heterocycles. The Hall–Kier alpha value is -1.59. The summed E-state index contributed by atoms with van der Waals surface area (Å²) in [6.07, 6.45) is 6.02. The van der Waals surface area contributed by atoms with Gasteiger partial charge in [-0.2, -0.15) is 15.0 Å². The van der Waals surface area contributed by atoms with Crippen LogP contribution in [0.3, 0.4) is 0 Å². The lowest BCUT2D eigenvalue weighted by atomic mass is 10.2. The average molecular weight is 265 g/mol. The molecule has 6 heteroatoms. The number of hydrogen-bond acceptors (Lipinski definition) is 6. The van der Waals surface area contributed by atoms with Crippen molar-refractivity contribution in [2.75, 3.05) is 37.0 Å². The van der Waals surface area contributed by atoms with Gasteiger partial charge in [-0.05, 0) is 19.3 Å². The highest BCUT2D eigenvalue weighted by Gasteiger charge is 2.15. The summed E-state index contributed by atoms with van der Waals surface area (Å²) in [6, 6.07) is 0.382. The molecule has 0 spiro atoms. The molecule has 0 atom stereocenters. The van der Waals surface area contributed by atoms with Gasteiger partial charge in [0.1, 0.15) is 0 Å². The van der Waals surface area contributed by atoms with Crippen molar-refractivity contribution in [3.63, 3.8) is 0 Å². The van der Waals surface area contributed by atoms with Gasteiger partial charge >= 0.3 is 6.01 Å². The van der Waals surface area contributed by atoms with Crippen molar-refractivity contribution in [2.45, 2.75) is 39.0 Å². The second-order valence-electron chi connectivity index (χ2n) is 4.77. The fourth-order valence-electron chi connectivity index (χ4n) is 2.17. The number of aromatic nitrogens is 3. The van der Waals surface area contributed by atoms with Gasteiger partial charge in [0, 0.05) is 19.6 Å². The monoisotopic (exact) mass is 265 g/mol. The van der Waals surface area contributed by atoms with E-state index in [9.17, 15) is 0 Å². The summed E-state index contributed by atoms with van der Waals surface area (Å²) in [4.78, 5) is 15.3. The van der Waals surface area contributed by atoms with Gasteiger partial charge in [-0.3, -0.25) is 0 Å². The van der Waals surface area contributed by atoms with E-state index in [1.807, 2.05) is 0 Å². The predicted octanol–water partition coefficient (Wildman–Crippen LogP) is 2.08. The zero-order chi connectivity index (χ0) is 13.5. The first-order valence-electron chi connectivity index (χ1n) is 7.12. The van der Waals surface area contributed by atoms with Crippen LogP contribution in [-0.4, -0.2) is 41.7 Å². The summed E-state index contributed by atoms with van der Waals surface area (Å²) in [5.74, 6) is 1.33. The second kappa shape index (κ2) is 7.11. The molecule has 0 bridgehead atoms. The van der Waals surface area contributed by atoms with Crippen molar-refractivity contribution < 1.29 is 4.74 Å². The molecule has 1 aromatic rings. The molecule has 1 N–H and O–H groups in total. The number of hydrogen-bond donors (Lipinski definition) is 1. The van der Waals surface area contributed by atoms with Gasteiger partial charge < -0.3 is 15.0 Å². The quantitative estimate of drug-likeness (QED) is 0.879. The van der Waals surface area contributed by atoms with E-state index in [1.54, 1.807) is 7.11 Å². The fourth-order valence-corrected chi connectivity index (χ4v) is 2.17. The zero-order valence-electron chi connectivity index (χ0n) is 11.9. The van der Waals surface area contributed by atoms with Crippen LogP contribution in [0.2, 0.25) is 0 Å². The fraction of sp³-hybridized carbons (Fsp3) is 0.769. The smallest absolute Gasteiger partial charge is 0.322 e. The number of nitrogens with zero attached hydrogens (tertiary/aromatic N) is 4. The van der Waals surface area contributed by atoms with Crippen LogP contribution in [0.25, 0.3) is 0 Å². The van der Waals surface area contributed by atoms with Crippen molar-refractivity contribution in [2.24, 2.45) is 0 Å². The van der Waals surface area contributed by atoms with Gasteiger partial charge in [0.15, 0.2) is 0 Å². The SMILES string of the molecule is CCCNc1nc(OC)nc(N2CCCCCC2)n1. The Morgan fingerprint density at radius 1 is 1.11 bits per heavy atom. The van der Waals surface area contributed by atoms with E-state index in [-0.39, 0.29) is 0 Å². The maximum Gasteiger partial charge on any atom is 0.322 e. The molecule has 1 aromatic heterocycles. The van der Waals surface area contributed by atoms with Crippen molar-refractivity contribution in [3.8, 4) is 6.01 Å². The zero-order valence-corrected chi connectivity index (χ0v) is 11.9. The van der Waals surface area contributed by atoms with Gasteiger partial charge in [-0.25, -0.2) is 0 Å². The van der Waals surface area contributed by atoms with E-state index in [2.05, 4.69) is 32.1 Å². The van der Waals surface area contributed by atoms with E-state index < -0.39 is 0 Å². The van der Waals surface area contributed by atoms with Gasteiger partial charge in [-0.15, -0.1) is 0 Å². The van der Waals surface area contributed by atoms with Crippen molar-refractivity contribution in [1.29, 1.82) is 0 Å². The van der Waals surface area contributed by atoms with Crippen molar-refractivity contribution >= 4 is 11.9 Å². The molecule has 1 fully saturated rings. The molecular formula is C13H23N5O. The van der Waals surface area contributed by atoms with Gasteiger partial charge in [-0.1, -0.05) is 19.8 Å². The van der Waals surface area contributed by atoms with Crippen LogP contribution in [0.1, 0.15) is 39.0 Å². The topological polar surface area (TPSA) is 63.2 Å². The Labute approximate surface area is 114 Å². The third-order valence-corrected chi connectivity index (χ3v) is 3.21. The third-order valence-electron chi connectivity index (χ3n) is 3.21.